The number of benzene rings is 1. The Labute approximate surface area is 113 Å². The molecule has 4 heteroatoms. The van der Waals surface area contributed by atoms with Crippen LogP contribution >= 0.6 is 0 Å². The lowest BCUT2D eigenvalue weighted by Crippen LogP contribution is -2.42. The molecule has 0 aliphatic carbocycles. The average Bonchev–Trinajstić information content (AvgIpc) is 2.41. The number of halogens is 1. The van der Waals surface area contributed by atoms with Crippen molar-refractivity contribution in [1.82, 2.24) is 4.90 Å². The maximum atomic E-state index is 13.4. The molecule has 1 aliphatic heterocycles. The molecule has 1 heterocycles. The number of β-amino-alcohol motifs (C(OH)–C–C–N with tert-alkyl or cyclic N) is 1. The van der Waals surface area contributed by atoms with Gasteiger partial charge in [0, 0.05) is 19.5 Å². The molecule has 19 heavy (non-hydrogen) atoms. The molecule has 1 atom stereocenters. The zero-order valence-corrected chi connectivity index (χ0v) is 11.0. The molecule has 0 aromatic heterocycles. The highest BCUT2D eigenvalue weighted by Gasteiger charge is 2.21. The maximum absolute atomic E-state index is 13.4. The van der Waals surface area contributed by atoms with Crippen molar-refractivity contribution < 1.29 is 14.3 Å². The smallest absolute Gasteiger partial charge is 0.222 e. The number of likely N-dealkylation sites (tertiary alicyclic amines) is 1. The molecule has 1 aromatic carbocycles. The van der Waals surface area contributed by atoms with Gasteiger partial charge in [0.2, 0.25) is 5.91 Å². The molecule has 1 aliphatic rings. The standard InChI is InChI=1S/C15H20FNO2/c16-14-8-2-1-5-12(14)6-3-9-15(19)17-10-4-7-13(18)11-17/h1-2,5,8,13,18H,3-4,6-7,9-11H2. The number of rotatable bonds is 4. The minimum absolute atomic E-state index is 0.0649. The molecule has 1 unspecified atom stereocenters. The van der Waals surface area contributed by atoms with Gasteiger partial charge in [-0.05, 0) is 37.3 Å². The second kappa shape index (κ2) is 6.66. The lowest BCUT2D eigenvalue weighted by atomic mass is 10.1. The molecule has 3 nitrogen and oxygen atoms in total. The van der Waals surface area contributed by atoms with Crippen LogP contribution in [0.1, 0.15) is 31.2 Å². The van der Waals surface area contributed by atoms with E-state index in [4.69, 9.17) is 0 Å². The third-order valence-electron chi connectivity index (χ3n) is 3.54. The highest BCUT2D eigenvalue weighted by atomic mass is 19.1. The van der Waals surface area contributed by atoms with Crippen molar-refractivity contribution in [3.8, 4) is 0 Å². The number of amides is 1. The van der Waals surface area contributed by atoms with Crippen LogP contribution in [0.2, 0.25) is 0 Å². The monoisotopic (exact) mass is 265 g/mol. The van der Waals surface area contributed by atoms with E-state index in [1.807, 2.05) is 0 Å². The van der Waals surface area contributed by atoms with E-state index in [-0.39, 0.29) is 17.8 Å². The van der Waals surface area contributed by atoms with Gasteiger partial charge in [-0.2, -0.15) is 0 Å². The molecule has 104 valence electrons. The van der Waals surface area contributed by atoms with E-state index in [0.29, 0.717) is 31.4 Å². The highest BCUT2D eigenvalue weighted by molar-refractivity contribution is 5.76. The number of nitrogens with zero attached hydrogens (tertiary/aromatic N) is 1. The molecular formula is C15H20FNO2. The van der Waals surface area contributed by atoms with Gasteiger partial charge in [-0.1, -0.05) is 18.2 Å². The van der Waals surface area contributed by atoms with Gasteiger partial charge in [0.25, 0.3) is 0 Å². The van der Waals surface area contributed by atoms with E-state index in [2.05, 4.69) is 0 Å². The molecular weight excluding hydrogens is 245 g/mol. The number of hydrogen-bond donors (Lipinski definition) is 1. The fourth-order valence-corrected chi connectivity index (χ4v) is 2.47. The molecule has 1 saturated heterocycles. The summed E-state index contributed by atoms with van der Waals surface area (Å²) >= 11 is 0. The lowest BCUT2D eigenvalue weighted by Gasteiger charge is -2.30. The SMILES string of the molecule is O=C(CCCc1ccccc1F)N1CCCC(O)C1. The van der Waals surface area contributed by atoms with Gasteiger partial charge < -0.3 is 10.0 Å². The third kappa shape index (κ3) is 4.03. The Morgan fingerprint density at radius 2 is 2.21 bits per heavy atom. The largest absolute Gasteiger partial charge is 0.391 e. The van der Waals surface area contributed by atoms with E-state index in [1.54, 1.807) is 23.1 Å². The molecule has 1 amide bonds. The van der Waals surface area contributed by atoms with Gasteiger partial charge in [0.15, 0.2) is 0 Å². The Balaban J connectivity index is 1.76. The number of hydrogen-bond acceptors (Lipinski definition) is 2. The number of aryl methyl sites for hydroxylation is 1. The second-order valence-electron chi connectivity index (χ2n) is 5.08. The van der Waals surface area contributed by atoms with Crippen LogP contribution in [0.25, 0.3) is 0 Å². The quantitative estimate of drug-likeness (QED) is 0.906. The molecule has 2 rings (SSSR count). The minimum atomic E-state index is -0.385. The highest BCUT2D eigenvalue weighted by Crippen LogP contribution is 2.14. The summed E-state index contributed by atoms with van der Waals surface area (Å²) in [4.78, 5) is 13.7. The first kappa shape index (κ1) is 14.0. The van der Waals surface area contributed by atoms with E-state index >= 15 is 0 Å². The van der Waals surface area contributed by atoms with Crippen molar-refractivity contribution in [3.63, 3.8) is 0 Å². The molecule has 1 aromatic rings. The van der Waals surface area contributed by atoms with Crippen LogP contribution in [0, 0.1) is 5.82 Å². The summed E-state index contributed by atoms with van der Waals surface area (Å²) in [5.74, 6) is -0.140. The first-order valence-corrected chi connectivity index (χ1v) is 6.86. The van der Waals surface area contributed by atoms with Crippen molar-refractivity contribution in [3.05, 3.63) is 35.6 Å². The Hall–Kier alpha value is -1.42. The summed E-state index contributed by atoms with van der Waals surface area (Å²) in [6.07, 6.45) is 2.89. The first-order chi connectivity index (χ1) is 9.16. The minimum Gasteiger partial charge on any atom is -0.391 e. The zero-order valence-electron chi connectivity index (χ0n) is 11.0. The van der Waals surface area contributed by atoms with Crippen LogP contribution in [0.5, 0.6) is 0 Å². The van der Waals surface area contributed by atoms with Crippen LogP contribution in [-0.2, 0) is 11.2 Å². The predicted octanol–water partition coefficient (Wildman–Crippen LogP) is 2.13. The van der Waals surface area contributed by atoms with Gasteiger partial charge in [0.1, 0.15) is 5.82 Å². The maximum Gasteiger partial charge on any atom is 0.222 e. The normalized spacial score (nSPS) is 19.5. The van der Waals surface area contributed by atoms with Gasteiger partial charge in [-0.25, -0.2) is 4.39 Å². The van der Waals surface area contributed by atoms with Gasteiger partial charge in [-0.15, -0.1) is 0 Å². The zero-order chi connectivity index (χ0) is 13.7. The molecule has 0 radical (unpaired) electrons. The molecule has 1 N–H and O–H groups in total. The lowest BCUT2D eigenvalue weighted by molar-refractivity contribution is -0.134. The number of carbonyl (C=O) groups is 1. The Kier molecular flexibility index (Phi) is 4.91. The Morgan fingerprint density at radius 1 is 1.42 bits per heavy atom. The fourth-order valence-electron chi connectivity index (χ4n) is 2.47. The summed E-state index contributed by atoms with van der Waals surface area (Å²) in [6, 6.07) is 6.67. The second-order valence-corrected chi connectivity index (χ2v) is 5.08. The van der Waals surface area contributed by atoms with Crippen LogP contribution < -0.4 is 0 Å². The topological polar surface area (TPSA) is 40.5 Å². The number of aliphatic hydroxyl groups is 1. The fraction of sp³-hybridized carbons (Fsp3) is 0.533. The van der Waals surface area contributed by atoms with Gasteiger partial charge >= 0.3 is 0 Å². The predicted molar refractivity (Wildman–Crippen MR) is 71.2 cm³/mol. The number of piperidine rings is 1. The van der Waals surface area contributed by atoms with Crippen LogP contribution in [0.4, 0.5) is 4.39 Å². The van der Waals surface area contributed by atoms with Crippen molar-refractivity contribution in [2.75, 3.05) is 13.1 Å². The van der Waals surface area contributed by atoms with Crippen LogP contribution in [0.3, 0.4) is 0 Å². The van der Waals surface area contributed by atoms with E-state index < -0.39 is 0 Å². The van der Waals surface area contributed by atoms with Crippen LogP contribution in [0.15, 0.2) is 24.3 Å². The van der Waals surface area contributed by atoms with E-state index in [0.717, 1.165) is 19.4 Å². The van der Waals surface area contributed by atoms with Gasteiger partial charge in [0.05, 0.1) is 6.10 Å². The van der Waals surface area contributed by atoms with Crippen LogP contribution in [-0.4, -0.2) is 35.1 Å². The summed E-state index contributed by atoms with van der Waals surface area (Å²) in [5, 5.41) is 9.52. The third-order valence-corrected chi connectivity index (χ3v) is 3.54. The molecule has 0 saturated carbocycles. The Morgan fingerprint density at radius 3 is 2.95 bits per heavy atom. The number of aliphatic hydroxyl groups excluding tert-OH is 1. The van der Waals surface area contributed by atoms with Crippen molar-refractivity contribution in [2.24, 2.45) is 0 Å². The van der Waals surface area contributed by atoms with E-state index in [9.17, 15) is 14.3 Å². The summed E-state index contributed by atoms with van der Waals surface area (Å²) in [7, 11) is 0. The van der Waals surface area contributed by atoms with E-state index in [1.165, 1.54) is 6.07 Å². The van der Waals surface area contributed by atoms with Gasteiger partial charge in [-0.3, -0.25) is 4.79 Å². The number of carbonyl (C=O) groups excluding carboxylic acids is 1. The Bertz CT molecular complexity index is 436. The molecule has 0 bridgehead atoms. The first-order valence-electron chi connectivity index (χ1n) is 6.86. The van der Waals surface area contributed by atoms with Crippen molar-refractivity contribution >= 4 is 5.91 Å². The summed E-state index contributed by atoms with van der Waals surface area (Å²) in [5.41, 5.74) is 0.661. The molecule has 1 fully saturated rings. The summed E-state index contributed by atoms with van der Waals surface area (Å²) < 4.78 is 13.4. The average molecular weight is 265 g/mol. The molecule has 0 spiro atoms. The van der Waals surface area contributed by atoms with Crippen molar-refractivity contribution in [1.29, 1.82) is 0 Å². The van der Waals surface area contributed by atoms with Crippen molar-refractivity contribution in [2.45, 2.75) is 38.2 Å². The summed E-state index contributed by atoms with van der Waals surface area (Å²) in [6.45, 7) is 1.17.